The fourth-order valence-corrected chi connectivity index (χ4v) is 2.50. The zero-order valence-corrected chi connectivity index (χ0v) is 13.5. The first-order chi connectivity index (χ1) is 11.4. The number of carboxylic acids is 1. The maximum atomic E-state index is 12.2. The van der Waals surface area contributed by atoms with E-state index in [1.54, 1.807) is 30.5 Å². The summed E-state index contributed by atoms with van der Waals surface area (Å²) >= 11 is 6.28. The molecule has 0 radical (unpaired) electrons. The van der Waals surface area contributed by atoms with Crippen molar-refractivity contribution in [1.29, 1.82) is 0 Å². The molecule has 5 nitrogen and oxygen atoms in total. The van der Waals surface area contributed by atoms with E-state index in [-0.39, 0.29) is 11.1 Å². The van der Waals surface area contributed by atoms with Gasteiger partial charge in [-0.1, -0.05) is 29.8 Å². The molecule has 0 aliphatic carbocycles. The van der Waals surface area contributed by atoms with E-state index in [1.165, 1.54) is 22.6 Å². The van der Waals surface area contributed by atoms with Crippen molar-refractivity contribution in [2.24, 2.45) is 0 Å². The second-order valence-electron chi connectivity index (χ2n) is 5.33. The molecule has 1 N–H and O–H groups in total. The summed E-state index contributed by atoms with van der Waals surface area (Å²) in [5.41, 5.74) is 2.53. The molecule has 0 atom stereocenters. The molecule has 2 heterocycles. The number of hydrogen-bond donors (Lipinski definition) is 1. The SMILES string of the molecule is Cc1ccc2nc(/C(Cl)=C/c3ccc(C(=O)O)cc3)cc(=O)n2c1. The van der Waals surface area contributed by atoms with Crippen LogP contribution in [0.1, 0.15) is 27.2 Å². The molecule has 0 saturated carbocycles. The summed E-state index contributed by atoms with van der Waals surface area (Å²) in [6, 6.07) is 11.3. The smallest absolute Gasteiger partial charge is 0.335 e. The van der Waals surface area contributed by atoms with Gasteiger partial charge in [0.15, 0.2) is 0 Å². The molecule has 0 fully saturated rings. The molecule has 6 heteroatoms. The highest BCUT2D eigenvalue weighted by molar-refractivity contribution is 6.51. The van der Waals surface area contributed by atoms with Gasteiger partial charge in [0.25, 0.3) is 5.56 Å². The second-order valence-corrected chi connectivity index (χ2v) is 5.74. The molecule has 0 aliphatic rings. The minimum absolute atomic E-state index is 0.195. The van der Waals surface area contributed by atoms with Crippen LogP contribution in [0.25, 0.3) is 16.8 Å². The third-order valence-corrected chi connectivity index (χ3v) is 3.81. The molecule has 0 aliphatic heterocycles. The number of nitrogens with zero attached hydrogens (tertiary/aromatic N) is 2. The average Bonchev–Trinajstić information content (AvgIpc) is 2.55. The van der Waals surface area contributed by atoms with Gasteiger partial charge >= 0.3 is 5.97 Å². The van der Waals surface area contributed by atoms with Gasteiger partial charge < -0.3 is 5.11 Å². The Balaban J connectivity index is 2.01. The zero-order valence-electron chi connectivity index (χ0n) is 12.7. The number of aryl methyl sites for hydroxylation is 1. The number of hydrogen-bond acceptors (Lipinski definition) is 3. The van der Waals surface area contributed by atoms with Gasteiger partial charge in [0, 0.05) is 12.3 Å². The van der Waals surface area contributed by atoms with Gasteiger partial charge in [-0.15, -0.1) is 0 Å². The summed E-state index contributed by atoms with van der Waals surface area (Å²) < 4.78 is 1.46. The largest absolute Gasteiger partial charge is 0.478 e. The first-order valence-corrected chi connectivity index (χ1v) is 7.53. The second kappa shape index (κ2) is 6.29. The minimum Gasteiger partial charge on any atom is -0.478 e. The lowest BCUT2D eigenvalue weighted by molar-refractivity contribution is 0.0697. The van der Waals surface area contributed by atoms with Crippen molar-refractivity contribution in [1.82, 2.24) is 9.38 Å². The van der Waals surface area contributed by atoms with E-state index in [1.807, 2.05) is 13.0 Å². The fourth-order valence-electron chi connectivity index (χ4n) is 2.27. The molecular weight excluding hydrogens is 328 g/mol. The van der Waals surface area contributed by atoms with Crippen LogP contribution in [-0.4, -0.2) is 20.5 Å². The number of halogens is 1. The summed E-state index contributed by atoms with van der Waals surface area (Å²) in [6.45, 7) is 1.90. The highest BCUT2D eigenvalue weighted by Crippen LogP contribution is 2.20. The van der Waals surface area contributed by atoms with Crippen molar-refractivity contribution < 1.29 is 9.90 Å². The minimum atomic E-state index is -0.990. The highest BCUT2D eigenvalue weighted by atomic mass is 35.5. The third-order valence-electron chi connectivity index (χ3n) is 3.50. The van der Waals surface area contributed by atoms with E-state index < -0.39 is 5.97 Å². The number of carbonyl (C=O) groups is 1. The van der Waals surface area contributed by atoms with E-state index >= 15 is 0 Å². The summed E-state index contributed by atoms with van der Waals surface area (Å²) in [7, 11) is 0. The van der Waals surface area contributed by atoms with Crippen molar-refractivity contribution >= 4 is 34.3 Å². The highest BCUT2D eigenvalue weighted by Gasteiger charge is 2.07. The van der Waals surface area contributed by atoms with Crippen LogP contribution in [0.3, 0.4) is 0 Å². The molecular formula is C18H13ClN2O3. The van der Waals surface area contributed by atoms with Crippen LogP contribution in [0, 0.1) is 6.92 Å². The Hall–Kier alpha value is -2.92. The molecule has 0 saturated heterocycles. The monoisotopic (exact) mass is 340 g/mol. The first-order valence-electron chi connectivity index (χ1n) is 7.15. The number of benzene rings is 1. The zero-order chi connectivity index (χ0) is 17.3. The van der Waals surface area contributed by atoms with Gasteiger partial charge in [-0.2, -0.15) is 0 Å². The van der Waals surface area contributed by atoms with Gasteiger partial charge in [0.2, 0.25) is 0 Å². The summed E-state index contributed by atoms with van der Waals surface area (Å²) in [5, 5.41) is 9.20. The lowest BCUT2D eigenvalue weighted by Crippen LogP contribution is -2.15. The number of fused-ring (bicyclic) bond motifs is 1. The van der Waals surface area contributed by atoms with Gasteiger partial charge in [0.05, 0.1) is 16.3 Å². The number of rotatable bonds is 3. The standard InChI is InChI=1S/C18H13ClN2O3/c1-11-2-7-16-20-15(9-17(22)21(16)10-11)14(19)8-12-3-5-13(6-4-12)18(23)24/h2-10H,1H3,(H,23,24)/b14-8-. The Morgan fingerprint density at radius 3 is 2.58 bits per heavy atom. The van der Waals surface area contributed by atoms with Crippen LogP contribution in [0.4, 0.5) is 0 Å². The van der Waals surface area contributed by atoms with E-state index in [2.05, 4.69) is 4.98 Å². The van der Waals surface area contributed by atoms with E-state index in [4.69, 9.17) is 16.7 Å². The van der Waals surface area contributed by atoms with Crippen molar-refractivity contribution in [3.05, 3.63) is 81.4 Å². The van der Waals surface area contributed by atoms with Crippen LogP contribution in [0.15, 0.2) is 53.5 Å². The summed E-state index contributed by atoms with van der Waals surface area (Å²) in [4.78, 5) is 27.4. The predicted octanol–water partition coefficient (Wildman–Crippen LogP) is 3.44. The lowest BCUT2D eigenvalue weighted by Gasteiger charge is -2.04. The van der Waals surface area contributed by atoms with Crippen molar-refractivity contribution in [2.75, 3.05) is 0 Å². The Morgan fingerprint density at radius 2 is 1.92 bits per heavy atom. The molecule has 24 heavy (non-hydrogen) atoms. The van der Waals surface area contributed by atoms with Crippen LogP contribution < -0.4 is 5.56 Å². The van der Waals surface area contributed by atoms with Gasteiger partial charge in [-0.05, 0) is 42.3 Å². The van der Waals surface area contributed by atoms with Gasteiger partial charge in [-0.3, -0.25) is 9.20 Å². The molecule has 120 valence electrons. The van der Waals surface area contributed by atoms with Crippen LogP contribution in [0.5, 0.6) is 0 Å². The third kappa shape index (κ3) is 3.21. The average molecular weight is 341 g/mol. The van der Waals surface area contributed by atoms with Crippen molar-refractivity contribution in [3.8, 4) is 0 Å². The molecule has 0 spiro atoms. The van der Waals surface area contributed by atoms with E-state index in [9.17, 15) is 9.59 Å². The Morgan fingerprint density at radius 1 is 1.21 bits per heavy atom. The maximum Gasteiger partial charge on any atom is 0.335 e. The molecule has 0 bridgehead atoms. The lowest BCUT2D eigenvalue weighted by atomic mass is 10.1. The summed E-state index contributed by atoms with van der Waals surface area (Å²) in [6.07, 6.45) is 3.36. The number of aromatic nitrogens is 2. The Kier molecular flexibility index (Phi) is 4.18. The first kappa shape index (κ1) is 16.0. The Labute approximate surface area is 142 Å². The summed E-state index contributed by atoms with van der Waals surface area (Å²) in [5.74, 6) is -0.990. The van der Waals surface area contributed by atoms with Crippen molar-refractivity contribution in [2.45, 2.75) is 6.92 Å². The number of aromatic carboxylic acids is 1. The predicted molar refractivity (Wildman–Crippen MR) is 93.3 cm³/mol. The molecule has 0 unspecified atom stereocenters. The quantitative estimate of drug-likeness (QED) is 0.792. The topological polar surface area (TPSA) is 71.7 Å². The molecule has 3 rings (SSSR count). The molecule has 2 aromatic heterocycles. The van der Waals surface area contributed by atoms with Gasteiger partial charge in [-0.25, -0.2) is 9.78 Å². The number of pyridine rings is 1. The normalized spacial score (nSPS) is 11.7. The molecule has 1 aromatic carbocycles. The van der Waals surface area contributed by atoms with Crippen LogP contribution in [0.2, 0.25) is 0 Å². The maximum absolute atomic E-state index is 12.2. The number of carboxylic acid groups (broad SMARTS) is 1. The van der Waals surface area contributed by atoms with E-state index in [0.29, 0.717) is 16.4 Å². The Bertz CT molecular complexity index is 1020. The van der Waals surface area contributed by atoms with E-state index in [0.717, 1.165) is 11.1 Å². The van der Waals surface area contributed by atoms with Crippen molar-refractivity contribution in [3.63, 3.8) is 0 Å². The van der Waals surface area contributed by atoms with Gasteiger partial charge in [0.1, 0.15) is 5.65 Å². The van der Waals surface area contributed by atoms with Crippen LogP contribution >= 0.6 is 11.6 Å². The molecule has 3 aromatic rings. The van der Waals surface area contributed by atoms with Crippen LogP contribution in [-0.2, 0) is 0 Å². The molecule has 0 amide bonds. The fraction of sp³-hybridized carbons (Fsp3) is 0.0556.